The average molecular weight is 291 g/mol. The lowest BCUT2D eigenvalue weighted by Crippen LogP contribution is -2.05. The largest absolute Gasteiger partial charge is 0.492 e. The van der Waals surface area contributed by atoms with Gasteiger partial charge in [-0.15, -0.1) is 0 Å². The van der Waals surface area contributed by atoms with Crippen LogP contribution in [0.1, 0.15) is 26.2 Å². The minimum Gasteiger partial charge on any atom is -0.492 e. The van der Waals surface area contributed by atoms with Crippen molar-refractivity contribution >= 4 is 29.2 Å². The highest BCUT2D eigenvalue weighted by molar-refractivity contribution is 6.35. The third kappa shape index (κ3) is 5.61. The van der Waals surface area contributed by atoms with Crippen molar-refractivity contribution in [3.8, 4) is 5.75 Å². The van der Waals surface area contributed by atoms with Crippen LogP contribution in [0.25, 0.3) is 0 Å². The Balaban J connectivity index is 2.16. The fourth-order valence-electron chi connectivity index (χ4n) is 1.27. The summed E-state index contributed by atoms with van der Waals surface area (Å²) in [6, 6.07) is 5.11. The second-order valence-corrected chi connectivity index (χ2v) is 4.55. The topological polar surface area (TPSA) is 35.5 Å². The van der Waals surface area contributed by atoms with Crippen molar-refractivity contribution in [2.24, 2.45) is 0 Å². The van der Waals surface area contributed by atoms with Gasteiger partial charge in [-0.3, -0.25) is 4.79 Å². The van der Waals surface area contributed by atoms with Crippen LogP contribution >= 0.6 is 23.2 Å². The van der Waals surface area contributed by atoms with Gasteiger partial charge in [0.05, 0.1) is 18.2 Å². The molecule has 5 heteroatoms. The average Bonchev–Trinajstić information content (AvgIpc) is 2.35. The van der Waals surface area contributed by atoms with Gasteiger partial charge in [-0.25, -0.2) is 0 Å². The normalized spacial score (nSPS) is 10.2. The SMILES string of the molecule is CCC(=O)OCCCCOc1ccc(Cl)cc1Cl. The highest BCUT2D eigenvalue weighted by Crippen LogP contribution is 2.27. The van der Waals surface area contributed by atoms with Gasteiger partial charge < -0.3 is 9.47 Å². The first-order valence-electron chi connectivity index (χ1n) is 5.87. The van der Waals surface area contributed by atoms with Gasteiger partial charge in [-0.05, 0) is 31.0 Å². The van der Waals surface area contributed by atoms with E-state index >= 15 is 0 Å². The maximum absolute atomic E-state index is 10.9. The molecule has 100 valence electrons. The number of hydrogen-bond acceptors (Lipinski definition) is 3. The van der Waals surface area contributed by atoms with E-state index in [0.717, 1.165) is 12.8 Å². The zero-order valence-electron chi connectivity index (χ0n) is 10.2. The minimum absolute atomic E-state index is 0.170. The molecule has 0 saturated heterocycles. The molecule has 0 heterocycles. The van der Waals surface area contributed by atoms with Crippen molar-refractivity contribution < 1.29 is 14.3 Å². The Kier molecular flexibility index (Phi) is 6.91. The van der Waals surface area contributed by atoms with Gasteiger partial charge in [0.2, 0.25) is 0 Å². The maximum Gasteiger partial charge on any atom is 0.305 e. The number of ether oxygens (including phenoxy) is 2. The predicted octanol–water partition coefficient (Wildman–Crippen LogP) is 4.11. The Labute approximate surface area is 117 Å². The van der Waals surface area contributed by atoms with Gasteiger partial charge >= 0.3 is 5.97 Å². The van der Waals surface area contributed by atoms with E-state index in [1.165, 1.54) is 0 Å². The second kappa shape index (κ2) is 8.22. The molecule has 1 aromatic rings. The van der Waals surface area contributed by atoms with E-state index in [1.807, 2.05) is 0 Å². The number of carbonyl (C=O) groups is 1. The van der Waals surface area contributed by atoms with Crippen LogP contribution in [0.5, 0.6) is 5.75 Å². The van der Waals surface area contributed by atoms with E-state index in [-0.39, 0.29) is 5.97 Å². The van der Waals surface area contributed by atoms with Gasteiger partial charge in [0.1, 0.15) is 5.75 Å². The maximum atomic E-state index is 10.9. The third-order valence-electron chi connectivity index (χ3n) is 2.24. The van der Waals surface area contributed by atoms with Crippen LogP contribution in [0.2, 0.25) is 10.0 Å². The second-order valence-electron chi connectivity index (χ2n) is 3.70. The highest BCUT2D eigenvalue weighted by Gasteiger charge is 2.02. The van der Waals surface area contributed by atoms with E-state index in [9.17, 15) is 4.79 Å². The fourth-order valence-corrected chi connectivity index (χ4v) is 1.73. The molecule has 0 radical (unpaired) electrons. The number of rotatable bonds is 7. The Bertz CT molecular complexity index is 394. The molecule has 0 spiro atoms. The van der Waals surface area contributed by atoms with Crippen LogP contribution < -0.4 is 4.74 Å². The quantitative estimate of drug-likeness (QED) is 0.560. The molecule has 0 aromatic heterocycles. The van der Waals surface area contributed by atoms with E-state index in [2.05, 4.69) is 0 Å². The molecule has 1 aromatic carbocycles. The summed E-state index contributed by atoms with van der Waals surface area (Å²) >= 11 is 11.7. The van der Waals surface area contributed by atoms with Gasteiger partial charge in [-0.2, -0.15) is 0 Å². The minimum atomic E-state index is -0.170. The smallest absolute Gasteiger partial charge is 0.305 e. The first-order valence-corrected chi connectivity index (χ1v) is 6.62. The van der Waals surface area contributed by atoms with Gasteiger partial charge in [-0.1, -0.05) is 30.1 Å². The van der Waals surface area contributed by atoms with Crippen LogP contribution in [0, 0.1) is 0 Å². The summed E-state index contributed by atoms with van der Waals surface area (Å²) in [5.41, 5.74) is 0. The lowest BCUT2D eigenvalue weighted by molar-refractivity contribution is -0.143. The van der Waals surface area contributed by atoms with E-state index in [1.54, 1.807) is 25.1 Å². The van der Waals surface area contributed by atoms with Crippen LogP contribution in [-0.2, 0) is 9.53 Å². The van der Waals surface area contributed by atoms with E-state index < -0.39 is 0 Å². The van der Waals surface area contributed by atoms with E-state index in [4.69, 9.17) is 32.7 Å². The highest BCUT2D eigenvalue weighted by atomic mass is 35.5. The van der Waals surface area contributed by atoms with Crippen molar-refractivity contribution in [3.05, 3.63) is 28.2 Å². The molecule has 0 bridgehead atoms. The van der Waals surface area contributed by atoms with Crippen molar-refractivity contribution in [3.63, 3.8) is 0 Å². The molecular weight excluding hydrogens is 275 g/mol. The molecule has 0 N–H and O–H groups in total. The molecule has 0 aliphatic carbocycles. The Morgan fingerprint density at radius 3 is 2.61 bits per heavy atom. The summed E-state index contributed by atoms with van der Waals surface area (Å²) < 4.78 is 10.4. The summed E-state index contributed by atoms with van der Waals surface area (Å²) in [5, 5.41) is 1.08. The Hall–Kier alpha value is -0.930. The third-order valence-corrected chi connectivity index (χ3v) is 2.77. The molecule has 3 nitrogen and oxygen atoms in total. The first kappa shape index (κ1) is 15.1. The molecule has 0 fully saturated rings. The Morgan fingerprint density at radius 2 is 1.94 bits per heavy atom. The van der Waals surface area contributed by atoms with E-state index in [0.29, 0.717) is 35.4 Å². The van der Waals surface area contributed by atoms with Gasteiger partial charge in [0.15, 0.2) is 0 Å². The van der Waals surface area contributed by atoms with Crippen molar-refractivity contribution in [2.45, 2.75) is 26.2 Å². The predicted molar refractivity (Wildman–Crippen MR) is 72.4 cm³/mol. The molecule has 0 atom stereocenters. The standard InChI is InChI=1S/C13H16Cl2O3/c1-2-13(16)18-8-4-3-7-17-12-6-5-10(14)9-11(12)15/h5-6,9H,2-4,7-8H2,1H3. The first-order chi connectivity index (χ1) is 8.63. The number of unbranched alkanes of at least 4 members (excludes halogenated alkanes) is 1. The van der Waals surface area contributed by atoms with Gasteiger partial charge in [0.25, 0.3) is 0 Å². The summed E-state index contributed by atoms with van der Waals surface area (Å²) in [6.45, 7) is 2.74. The molecule has 0 amide bonds. The van der Waals surface area contributed by atoms with Crippen LogP contribution in [0.15, 0.2) is 18.2 Å². The van der Waals surface area contributed by atoms with Crippen molar-refractivity contribution in [1.82, 2.24) is 0 Å². The zero-order valence-corrected chi connectivity index (χ0v) is 11.8. The van der Waals surface area contributed by atoms with Crippen LogP contribution in [0.4, 0.5) is 0 Å². The number of halogens is 2. The fraction of sp³-hybridized carbons (Fsp3) is 0.462. The molecule has 1 rings (SSSR count). The van der Waals surface area contributed by atoms with Crippen molar-refractivity contribution in [1.29, 1.82) is 0 Å². The monoisotopic (exact) mass is 290 g/mol. The lowest BCUT2D eigenvalue weighted by Gasteiger charge is -2.08. The summed E-state index contributed by atoms with van der Waals surface area (Å²) in [7, 11) is 0. The van der Waals surface area contributed by atoms with Gasteiger partial charge in [0, 0.05) is 11.4 Å². The molecule has 0 aliphatic rings. The molecule has 0 unspecified atom stereocenters. The number of hydrogen-bond donors (Lipinski definition) is 0. The lowest BCUT2D eigenvalue weighted by atomic mass is 10.3. The summed E-state index contributed by atoms with van der Waals surface area (Å²) in [6.07, 6.45) is 1.99. The molecule has 0 aliphatic heterocycles. The summed E-state index contributed by atoms with van der Waals surface area (Å²) in [5.74, 6) is 0.447. The Morgan fingerprint density at radius 1 is 1.22 bits per heavy atom. The number of esters is 1. The number of carbonyl (C=O) groups excluding carboxylic acids is 1. The van der Waals surface area contributed by atoms with Crippen LogP contribution in [0.3, 0.4) is 0 Å². The molecule has 18 heavy (non-hydrogen) atoms. The number of benzene rings is 1. The summed E-state index contributed by atoms with van der Waals surface area (Å²) in [4.78, 5) is 10.9. The molecular formula is C13H16Cl2O3. The zero-order chi connectivity index (χ0) is 13.4. The van der Waals surface area contributed by atoms with Crippen LogP contribution in [-0.4, -0.2) is 19.2 Å². The van der Waals surface area contributed by atoms with Crippen molar-refractivity contribution in [2.75, 3.05) is 13.2 Å². The molecule has 0 saturated carbocycles.